The van der Waals surface area contributed by atoms with Gasteiger partial charge in [0.15, 0.2) is 0 Å². The Labute approximate surface area is 142 Å². The number of nitrogens with one attached hydrogen (secondary N) is 1. The number of benzene rings is 3. The number of amides is 1. The van der Waals surface area contributed by atoms with Crippen molar-refractivity contribution in [1.82, 2.24) is 0 Å². The molecule has 0 aliphatic heterocycles. The van der Waals surface area contributed by atoms with Gasteiger partial charge in [-0.25, -0.2) is 0 Å². The Morgan fingerprint density at radius 2 is 1.38 bits per heavy atom. The Morgan fingerprint density at radius 3 is 1.96 bits per heavy atom. The number of carbonyl (C=O) groups is 1. The lowest BCUT2D eigenvalue weighted by Gasteiger charge is -2.13. The minimum atomic E-state index is -0.120. The average molecular weight is 316 g/mol. The predicted molar refractivity (Wildman–Crippen MR) is 100 cm³/mol. The van der Waals surface area contributed by atoms with E-state index < -0.39 is 0 Å². The summed E-state index contributed by atoms with van der Waals surface area (Å²) in [6, 6.07) is 21.4. The minimum Gasteiger partial charge on any atom is -0.399 e. The van der Waals surface area contributed by atoms with Crippen LogP contribution in [0.5, 0.6) is 0 Å². The minimum absolute atomic E-state index is 0.120. The van der Waals surface area contributed by atoms with Crippen molar-refractivity contribution >= 4 is 17.3 Å². The summed E-state index contributed by atoms with van der Waals surface area (Å²) in [6.07, 6.45) is 0. The standard InChI is InChI=1S/C21H20N2O/c1-14-12-19(22)13-15(2)20(14)23-21(24)18-10-8-17(9-11-18)16-6-4-3-5-7-16/h3-13H,22H2,1-2H3,(H,23,24). The highest BCUT2D eigenvalue weighted by atomic mass is 16.1. The maximum absolute atomic E-state index is 12.5. The van der Waals surface area contributed by atoms with Crippen LogP contribution in [0, 0.1) is 13.8 Å². The summed E-state index contributed by atoms with van der Waals surface area (Å²) >= 11 is 0. The molecule has 24 heavy (non-hydrogen) atoms. The zero-order valence-electron chi connectivity index (χ0n) is 13.8. The van der Waals surface area contributed by atoms with E-state index in [0.717, 1.165) is 27.9 Å². The summed E-state index contributed by atoms with van der Waals surface area (Å²) in [5, 5.41) is 2.99. The number of nitrogens with two attached hydrogens (primary N) is 1. The molecule has 0 saturated carbocycles. The van der Waals surface area contributed by atoms with Gasteiger partial charge >= 0.3 is 0 Å². The highest BCUT2D eigenvalue weighted by Gasteiger charge is 2.10. The Morgan fingerprint density at radius 1 is 0.833 bits per heavy atom. The van der Waals surface area contributed by atoms with E-state index in [-0.39, 0.29) is 5.91 Å². The number of aryl methyl sites for hydroxylation is 2. The van der Waals surface area contributed by atoms with Crippen LogP contribution in [0.1, 0.15) is 21.5 Å². The van der Waals surface area contributed by atoms with Crippen LogP contribution in [-0.2, 0) is 0 Å². The van der Waals surface area contributed by atoms with Gasteiger partial charge in [0.25, 0.3) is 5.91 Å². The molecular formula is C21H20N2O. The number of nitrogen functional groups attached to an aromatic ring is 1. The number of carbonyl (C=O) groups excluding carboxylic acids is 1. The maximum atomic E-state index is 12.5. The fourth-order valence-corrected chi connectivity index (χ4v) is 2.82. The zero-order chi connectivity index (χ0) is 17.1. The van der Waals surface area contributed by atoms with Gasteiger partial charge in [-0.05, 0) is 60.4 Å². The van der Waals surface area contributed by atoms with Gasteiger partial charge in [-0.15, -0.1) is 0 Å². The summed E-state index contributed by atoms with van der Waals surface area (Å²) < 4.78 is 0. The molecule has 0 spiro atoms. The van der Waals surface area contributed by atoms with E-state index in [0.29, 0.717) is 11.3 Å². The summed E-state index contributed by atoms with van der Waals surface area (Å²) in [7, 11) is 0. The van der Waals surface area contributed by atoms with Crippen molar-refractivity contribution in [2.45, 2.75) is 13.8 Å². The first kappa shape index (κ1) is 15.8. The van der Waals surface area contributed by atoms with E-state index in [1.54, 1.807) is 0 Å². The molecule has 0 unspecified atom stereocenters. The summed E-state index contributed by atoms with van der Waals surface area (Å²) in [5.74, 6) is -0.120. The van der Waals surface area contributed by atoms with Gasteiger partial charge in [-0.2, -0.15) is 0 Å². The molecule has 0 aliphatic carbocycles. The molecule has 0 heterocycles. The molecule has 0 atom stereocenters. The largest absolute Gasteiger partial charge is 0.399 e. The zero-order valence-corrected chi connectivity index (χ0v) is 13.8. The Hall–Kier alpha value is -3.07. The average Bonchev–Trinajstić information content (AvgIpc) is 2.59. The third kappa shape index (κ3) is 3.30. The van der Waals surface area contributed by atoms with Crippen molar-refractivity contribution in [1.29, 1.82) is 0 Å². The number of hydrogen-bond donors (Lipinski definition) is 2. The van der Waals surface area contributed by atoms with Crippen LogP contribution in [0.2, 0.25) is 0 Å². The third-order valence-electron chi connectivity index (χ3n) is 4.05. The van der Waals surface area contributed by atoms with Crippen LogP contribution < -0.4 is 11.1 Å². The van der Waals surface area contributed by atoms with Crippen LogP contribution in [0.15, 0.2) is 66.7 Å². The van der Waals surface area contributed by atoms with Crippen molar-refractivity contribution in [3.63, 3.8) is 0 Å². The third-order valence-corrected chi connectivity index (χ3v) is 4.05. The molecule has 0 radical (unpaired) electrons. The lowest BCUT2D eigenvalue weighted by molar-refractivity contribution is 0.102. The van der Waals surface area contributed by atoms with Gasteiger partial charge in [0.05, 0.1) is 0 Å². The van der Waals surface area contributed by atoms with E-state index in [2.05, 4.69) is 17.4 Å². The van der Waals surface area contributed by atoms with Gasteiger partial charge in [-0.1, -0.05) is 42.5 Å². The Bertz CT molecular complexity index is 845. The molecule has 0 bridgehead atoms. The fraction of sp³-hybridized carbons (Fsp3) is 0.0952. The van der Waals surface area contributed by atoms with E-state index >= 15 is 0 Å². The molecule has 3 heteroatoms. The summed E-state index contributed by atoms with van der Waals surface area (Å²) in [6.45, 7) is 3.88. The molecule has 3 aromatic carbocycles. The molecule has 120 valence electrons. The van der Waals surface area contributed by atoms with E-state index in [1.165, 1.54) is 0 Å². The van der Waals surface area contributed by atoms with E-state index in [9.17, 15) is 4.79 Å². The van der Waals surface area contributed by atoms with Crippen molar-refractivity contribution < 1.29 is 4.79 Å². The van der Waals surface area contributed by atoms with Gasteiger partial charge in [-0.3, -0.25) is 4.79 Å². The molecule has 0 aromatic heterocycles. The Balaban J connectivity index is 1.81. The molecule has 1 amide bonds. The SMILES string of the molecule is Cc1cc(N)cc(C)c1NC(=O)c1ccc(-c2ccccc2)cc1. The normalized spacial score (nSPS) is 10.4. The summed E-state index contributed by atoms with van der Waals surface area (Å²) in [4.78, 5) is 12.5. The molecule has 3 rings (SSSR count). The number of hydrogen-bond acceptors (Lipinski definition) is 2. The van der Waals surface area contributed by atoms with Crippen molar-refractivity contribution in [3.8, 4) is 11.1 Å². The first-order chi connectivity index (χ1) is 11.5. The second-order valence-corrected chi connectivity index (χ2v) is 5.93. The van der Waals surface area contributed by atoms with E-state index in [4.69, 9.17) is 5.73 Å². The van der Waals surface area contributed by atoms with Crippen LogP contribution in [-0.4, -0.2) is 5.91 Å². The lowest BCUT2D eigenvalue weighted by atomic mass is 10.0. The second-order valence-electron chi connectivity index (χ2n) is 5.93. The molecule has 3 N–H and O–H groups in total. The van der Waals surface area contributed by atoms with Gasteiger partial charge < -0.3 is 11.1 Å². The maximum Gasteiger partial charge on any atom is 0.255 e. The van der Waals surface area contributed by atoms with Crippen LogP contribution in [0.3, 0.4) is 0 Å². The van der Waals surface area contributed by atoms with Gasteiger partial charge in [0.1, 0.15) is 0 Å². The molecule has 3 nitrogen and oxygen atoms in total. The molecule has 0 saturated heterocycles. The highest BCUT2D eigenvalue weighted by Crippen LogP contribution is 2.24. The highest BCUT2D eigenvalue weighted by molar-refractivity contribution is 6.05. The molecule has 3 aromatic rings. The van der Waals surface area contributed by atoms with Crippen molar-refractivity contribution in [3.05, 3.63) is 83.4 Å². The summed E-state index contributed by atoms with van der Waals surface area (Å²) in [5.41, 5.74) is 12.1. The van der Waals surface area contributed by atoms with Crippen LogP contribution in [0.4, 0.5) is 11.4 Å². The van der Waals surface area contributed by atoms with Crippen molar-refractivity contribution in [2.24, 2.45) is 0 Å². The van der Waals surface area contributed by atoms with E-state index in [1.807, 2.05) is 68.4 Å². The first-order valence-electron chi connectivity index (χ1n) is 7.88. The number of anilines is 2. The Kier molecular flexibility index (Phi) is 4.34. The second kappa shape index (κ2) is 6.59. The van der Waals surface area contributed by atoms with Crippen molar-refractivity contribution in [2.75, 3.05) is 11.1 Å². The topological polar surface area (TPSA) is 55.1 Å². The monoisotopic (exact) mass is 316 g/mol. The molecule has 0 aliphatic rings. The van der Waals surface area contributed by atoms with Gasteiger partial charge in [0, 0.05) is 16.9 Å². The molecule has 0 fully saturated rings. The predicted octanol–water partition coefficient (Wildman–Crippen LogP) is 4.80. The number of rotatable bonds is 3. The van der Waals surface area contributed by atoms with Crippen LogP contribution in [0.25, 0.3) is 11.1 Å². The van der Waals surface area contributed by atoms with Crippen LogP contribution >= 0.6 is 0 Å². The quantitative estimate of drug-likeness (QED) is 0.682. The van der Waals surface area contributed by atoms with Gasteiger partial charge in [0.2, 0.25) is 0 Å². The fourth-order valence-electron chi connectivity index (χ4n) is 2.82. The first-order valence-corrected chi connectivity index (χ1v) is 7.88. The smallest absolute Gasteiger partial charge is 0.255 e. The molecular weight excluding hydrogens is 296 g/mol. The lowest BCUT2D eigenvalue weighted by Crippen LogP contribution is -2.14.